The van der Waals surface area contributed by atoms with E-state index < -0.39 is 21.2 Å². The van der Waals surface area contributed by atoms with E-state index in [1.54, 1.807) is 43.2 Å². The van der Waals surface area contributed by atoms with Crippen molar-refractivity contribution >= 4 is 33.4 Å². The SMILES string of the molecule is C=CCOc1ccc(C2N3C(=O)C4(C)SSC3(C[C@]2(C)C#N)C(=O)N4C)cc1OCC=C. The molecule has 4 aliphatic rings. The van der Waals surface area contributed by atoms with Crippen LogP contribution in [0.25, 0.3) is 0 Å². The molecule has 1 aromatic carbocycles. The lowest BCUT2D eigenvalue weighted by atomic mass is 9.79. The van der Waals surface area contributed by atoms with Crippen LogP contribution in [0.4, 0.5) is 0 Å². The first-order chi connectivity index (χ1) is 15.2. The number of carbonyl (C=O) groups excluding carboxylic acids is 2. The largest absolute Gasteiger partial charge is 0.486 e. The van der Waals surface area contributed by atoms with E-state index in [0.29, 0.717) is 18.1 Å². The number of piperazine rings is 1. The summed E-state index contributed by atoms with van der Waals surface area (Å²) >= 11 is 0. The maximum Gasteiger partial charge on any atom is 0.261 e. The number of rotatable bonds is 7. The Hall–Kier alpha value is -2.57. The molecule has 5 rings (SSSR count). The number of fused-ring (bicyclic) bond motifs is 2. The summed E-state index contributed by atoms with van der Waals surface area (Å²) in [5, 5.41) is 10.2. The van der Waals surface area contributed by atoms with Crippen LogP contribution in [0.1, 0.15) is 31.9 Å². The molecule has 0 aliphatic carbocycles. The molecule has 3 unspecified atom stereocenters. The summed E-state index contributed by atoms with van der Waals surface area (Å²) < 4.78 is 11.5. The van der Waals surface area contributed by atoms with Crippen LogP contribution in [0.5, 0.6) is 11.5 Å². The normalized spacial score (nSPS) is 33.0. The van der Waals surface area contributed by atoms with E-state index in [2.05, 4.69) is 19.2 Å². The van der Waals surface area contributed by atoms with E-state index in [1.807, 2.05) is 13.0 Å². The zero-order chi connectivity index (χ0) is 23.3. The molecule has 4 aliphatic heterocycles. The Morgan fingerprint density at radius 3 is 2.44 bits per heavy atom. The maximum atomic E-state index is 13.7. The fourth-order valence-electron chi connectivity index (χ4n) is 4.64. The Kier molecular flexibility index (Phi) is 5.50. The Morgan fingerprint density at radius 2 is 1.81 bits per heavy atom. The lowest BCUT2D eigenvalue weighted by Gasteiger charge is -2.57. The number of nitriles is 1. The molecule has 1 spiro atoms. The first-order valence-corrected chi connectivity index (χ1v) is 12.3. The minimum atomic E-state index is -1.11. The molecule has 2 amide bonds. The summed E-state index contributed by atoms with van der Waals surface area (Å²) in [5.74, 6) is 0.715. The van der Waals surface area contributed by atoms with Crippen molar-refractivity contribution in [1.82, 2.24) is 9.80 Å². The molecule has 4 heterocycles. The standard InChI is InChI=1S/C23H25N3O4S2/c1-6-10-29-16-9-8-15(12-17(16)30-11-7-2)18-21(3,14-24)13-23-20(28)25(5)22(4,31-32-23)19(27)26(18)23/h6-9,12,18H,1-2,10-11,13H2,3-5H3/t18?,21-,22?,23?/m1/s1. The maximum absolute atomic E-state index is 13.7. The zero-order valence-electron chi connectivity index (χ0n) is 18.3. The fraction of sp³-hybridized carbons (Fsp3) is 0.435. The van der Waals surface area contributed by atoms with E-state index in [1.165, 1.54) is 26.5 Å². The highest BCUT2D eigenvalue weighted by Gasteiger charge is 2.74. The van der Waals surface area contributed by atoms with Crippen LogP contribution in [0.15, 0.2) is 43.5 Å². The molecule has 0 saturated carbocycles. The predicted octanol–water partition coefficient (Wildman–Crippen LogP) is 3.90. The van der Waals surface area contributed by atoms with Gasteiger partial charge in [0.1, 0.15) is 13.2 Å². The van der Waals surface area contributed by atoms with Crippen molar-refractivity contribution in [3.8, 4) is 17.6 Å². The quantitative estimate of drug-likeness (QED) is 0.441. The lowest BCUT2D eigenvalue weighted by molar-refractivity contribution is -0.164. The molecular weight excluding hydrogens is 446 g/mol. The molecule has 0 aromatic heterocycles. The molecule has 7 nitrogen and oxygen atoms in total. The Morgan fingerprint density at radius 1 is 1.16 bits per heavy atom. The van der Waals surface area contributed by atoms with Crippen LogP contribution in [-0.4, -0.2) is 51.6 Å². The topological polar surface area (TPSA) is 82.9 Å². The summed E-state index contributed by atoms with van der Waals surface area (Å²) in [6, 6.07) is 7.21. The van der Waals surface area contributed by atoms with E-state index in [-0.39, 0.29) is 24.8 Å². The van der Waals surface area contributed by atoms with Gasteiger partial charge in [0.2, 0.25) is 0 Å². The monoisotopic (exact) mass is 471 g/mol. The number of ether oxygens (including phenoxy) is 2. The Labute approximate surface area is 195 Å². The molecule has 32 heavy (non-hydrogen) atoms. The summed E-state index contributed by atoms with van der Waals surface area (Å²) in [6.45, 7) is 11.5. The van der Waals surface area contributed by atoms with Crippen molar-refractivity contribution in [1.29, 1.82) is 5.26 Å². The Balaban J connectivity index is 1.84. The number of nitrogens with zero attached hydrogens (tertiary/aromatic N) is 3. The second kappa shape index (κ2) is 7.78. The van der Waals surface area contributed by atoms with Crippen molar-refractivity contribution in [3.63, 3.8) is 0 Å². The van der Waals surface area contributed by atoms with E-state index in [0.717, 1.165) is 5.56 Å². The van der Waals surface area contributed by atoms with Gasteiger partial charge in [0.05, 0.1) is 17.5 Å². The Bertz CT molecular complexity index is 1060. The van der Waals surface area contributed by atoms with E-state index >= 15 is 0 Å². The third kappa shape index (κ3) is 2.96. The molecule has 0 radical (unpaired) electrons. The smallest absolute Gasteiger partial charge is 0.261 e. The van der Waals surface area contributed by atoms with Gasteiger partial charge in [-0.1, -0.05) is 53.0 Å². The van der Waals surface area contributed by atoms with Crippen LogP contribution in [-0.2, 0) is 9.59 Å². The van der Waals surface area contributed by atoms with Gasteiger partial charge < -0.3 is 19.3 Å². The second-order valence-corrected chi connectivity index (χ2v) is 11.3. The third-order valence-corrected chi connectivity index (χ3v) is 10.0. The van der Waals surface area contributed by atoms with Gasteiger partial charge in [0, 0.05) is 13.5 Å². The van der Waals surface area contributed by atoms with Gasteiger partial charge in [-0.3, -0.25) is 9.59 Å². The fourth-order valence-corrected chi connectivity index (χ4v) is 8.23. The van der Waals surface area contributed by atoms with Crippen molar-refractivity contribution < 1.29 is 19.1 Å². The van der Waals surface area contributed by atoms with Crippen molar-refractivity contribution in [2.45, 2.75) is 36.1 Å². The molecule has 2 bridgehead atoms. The van der Waals surface area contributed by atoms with Crippen LogP contribution < -0.4 is 9.47 Å². The molecule has 4 saturated heterocycles. The summed E-state index contributed by atoms with van der Waals surface area (Å²) in [5.41, 5.74) is -0.240. The summed E-state index contributed by atoms with van der Waals surface area (Å²) in [6.07, 6.45) is 3.52. The molecule has 168 valence electrons. The van der Waals surface area contributed by atoms with Crippen molar-refractivity contribution in [2.24, 2.45) is 5.41 Å². The highest BCUT2D eigenvalue weighted by Crippen LogP contribution is 2.69. The summed E-state index contributed by atoms with van der Waals surface area (Å²) in [7, 11) is 4.45. The van der Waals surface area contributed by atoms with Gasteiger partial charge in [-0.05, 0) is 31.5 Å². The lowest BCUT2D eigenvalue weighted by Crippen LogP contribution is -2.73. The first kappa shape index (κ1) is 22.6. The van der Waals surface area contributed by atoms with E-state index in [9.17, 15) is 14.9 Å². The van der Waals surface area contributed by atoms with E-state index in [4.69, 9.17) is 9.47 Å². The average Bonchev–Trinajstić information content (AvgIpc) is 3.07. The van der Waals surface area contributed by atoms with Gasteiger partial charge in [-0.25, -0.2) is 0 Å². The predicted molar refractivity (Wildman–Crippen MR) is 125 cm³/mol. The first-order valence-electron chi connectivity index (χ1n) is 10.2. The number of benzene rings is 1. The molecule has 4 atom stereocenters. The minimum Gasteiger partial charge on any atom is -0.486 e. The average molecular weight is 472 g/mol. The number of hydrogen-bond donors (Lipinski definition) is 0. The van der Waals surface area contributed by atoms with Crippen LogP contribution in [0, 0.1) is 16.7 Å². The van der Waals surface area contributed by atoms with Crippen molar-refractivity contribution in [3.05, 3.63) is 49.1 Å². The molecular formula is C23H25N3O4S2. The summed E-state index contributed by atoms with van der Waals surface area (Å²) in [4.78, 5) is 28.2. The second-order valence-electron chi connectivity index (χ2n) is 8.49. The minimum absolute atomic E-state index is 0.138. The highest BCUT2D eigenvalue weighted by molar-refractivity contribution is 8.78. The number of likely N-dealkylation sites (N-methyl/N-ethyl adjacent to an activating group) is 1. The van der Waals surface area contributed by atoms with Gasteiger partial charge in [0.25, 0.3) is 11.8 Å². The zero-order valence-corrected chi connectivity index (χ0v) is 19.9. The van der Waals surface area contributed by atoms with Gasteiger partial charge in [0.15, 0.2) is 21.2 Å². The number of amides is 2. The number of hydrogen-bond acceptors (Lipinski definition) is 7. The molecule has 4 fully saturated rings. The van der Waals surface area contributed by atoms with Gasteiger partial charge >= 0.3 is 0 Å². The third-order valence-electron chi connectivity index (χ3n) is 6.35. The molecule has 1 aromatic rings. The highest BCUT2D eigenvalue weighted by atomic mass is 33.1. The van der Waals surface area contributed by atoms with Crippen molar-refractivity contribution in [2.75, 3.05) is 20.3 Å². The number of carbonyl (C=O) groups is 2. The molecule has 9 heteroatoms. The molecule has 0 N–H and O–H groups in total. The van der Waals surface area contributed by atoms with Gasteiger partial charge in [-0.2, -0.15) is 5.26 Å². The van der Waals surface area contributed by atoms with Crippen LogP contribution >= 0.6 is 21.6 Å². The van der Waals surface area contributed by atoms with Gasteiger partial charge in [-0.15, -0.1) is 0 Å². The van der Waals surface area contributed by atoms with Crippen LogP contribution in [0.2, 0.25) is 0 Å². The van der Waals surface area contributed by atoms with Crippen LogP contribution in [0.3, 0.4) is 0 Å².